The van der Waals surface area contributed by atoms with E-state index in [4.69, 9.17) is 0 Å². The maximum absolute atomic E-state index is 12.3. The van der Waals surface area contributed by atoms with E-state index in [2.05, 4.69) is 15.6 Å². The van der Waals surface area contributed by atoms with Crippen molar-refractivity contribution in [3.8, 4) is 10.6 Å². The summed E-state index contributed by atoms with van der Waals surface area (Å²) in [6.07, 6.45) is 3.56. The Morgan fingerprint density at radius 3 is 2.92 bits per heavy atom. The average molecular weight is 402 g/mol. The summed E-state index contributed by atoms with van der Waals surface area (Å²) in [6.45, 7) is 4.93. The molecule has 3 rings (SSSR count). The summed E-state index contributed by atoms with van der Waals surface area (Å²) >= 11 is 1.61. The van der Waals surface area contributed by atoms with Crippen LogP contribution in [0.1, 0.15) is 35.3 Å². The predicted molar refractivity (Wildman–Crippen MR) is 109 cm³/mol. The van der Waals surface area contributed by atoms with Crippen LogP contribution < -0.4 is 10.6 Å². The Balaban J connectivity index is 0.00000156. The van der Waals surface area contributed by atoms with Crippen LogP contribution in [-0.4, -0.2) is 30.5 Å². The molecule has 2 N–H and O–H groups in total. The van der Waals surface area contributed by atoms with Crippen LogP contribution in [-0.2, 0) is 0 Å². The van der Waals surface area contributed by atoms with Gasteiger partial charge in [-0.2, -0.15) is 0 Å². The highest BCUT2D eigenvalue weighted by atomic mass is 35.5. The van der Waals surface area contributed by atoms with Gasteiger partial charge in [-0.05, 0) is 57.3 Å². The third-order valence-electron chi connectivity index (χ3n) is 4.23. The van der Waals surface area contributed by atoms with Crippen LogP contribution in [0, 0.1) is 12.8 Å². The number of carbonyl (C=O) groups excluding carboxylic acids is 1. The highest BCUT2D eigenvalue weighted by Crippen LogP contribution is 2.24. The van der Waals surface area contributed by atoms with Crippen molar-refractivity contribution in [1.29, 1.82) is 0 Å². The highest BCUT2D eigenvalue weighted by molar-refractivity contribution is 7.13. The minimum atomic E-state index is 0. The van der Waals surface area contributed by atoms with Crippen LogP contribution >= 0.6 is 36.2 Å². The van der Waals surface area contributed by atoms with Crippen LogP contribution in [0.2, 0.25) is 0 Å². The molecule has 0 radical (unpaired) electrons. The minimum Gasteiger partial charge on any atom is -0.352 e. The molecule has 1 fully saturated rings. The Labute approximate surface area is 165 Å². The number of amides is 1. The molecule has 1 saturated heterocycles. The predicted octanol–water partition coefficient (Wildman–Crippen LogP) is 4.08. The molecule has 1 unspecified atom stereocenters. The zero-order chi connectivity index (χ0) is 16.1. The molecule has 2 heterocycles. The van der Waals surface area contributed by atoms with Crippen molar-refractivity contribution in [2.45, 2.75) is 26.2 Å². The first-order chi connectivity index (χ1) is 11.2. The molecule has 1 aliphatic heterocycles. The van der Waals surface area contributed by atoms with E-state index in [-0.39, 0.29) is 30.7 Å². The molecule has 1 aromatic heterocycles. The first-order valence-electron chi connectivity index (χ1n) is 8.24. The Morgan fingerprint density at radius 1 is 1.40 bits per heavy atom. The molecule has 0 aliphatic carbocycles. The van der Waals surface area contributed by atoms with Gasteiger partial charge < -0.3 is 10.6 Å². The summed E-state index contributed by atoms with van der Waals surface area (Å²) < 4.78 is 0. The van der Waals surface area contributed by atoms with Gasteiger partial charge in [-0.25, -0.2) is 4.98 Å². The molecule has 1 atom stereocenters. The third kappa shape index (κ3) is 6.26. The standard InChI is InChI=1S/C18H23N3OS.2ClH/c1-13-12-23-18(21-13)16-6-2-5-15(10-16)17(22)20-9-7-14-4-3-8-19-11-14;;/h2,5-6,10,12,14,19H,3-4,7-9,11H2,1H3,(H,20,22);2*1H. The molecule has 7 heteroatoms. The lowest BCUT2D eigenvalue weighted by Crippen LogP contribution is -2.33. The van der Waals surface area contributed by atoms with Crippen molar-refractivity contribution in [3.63, 3.8) is 0 Å². The van der Waals surface area contributed by atoms with Crippen molar-refractivity contribution in [2.24, 2.45) is 5.92 Å². The van der Waals surface area contributed by atoms with Crippen LogP contribution in [0.25, 0.3) is 10.6 Å². The van der Waals surface area contributed by atoms with Gasteiger partial charge in [0.1, 0.15) is 5.01 Å². The van der Waals surface area contributed by atoms with Crippen molar-refractivity contribution >= 4 is 42.1 Å². The van der Waals surface area contributed by atoms with Gasteiger partial charge in [0.2, 0.25) is 0 Å². The fraction of sp³-hybridized carbons (Fsp3) is 0.444. The number of nitrogens with zero attached hydrogens (tertiary/aromatic N) is 1. The Hall–Kier alpha value is -1.14. The number of thiazole rings is 1. The number of halogens is 2. The number of hydrogen-bond donors (Lipinski definition) is 2. The first kappa shape index (κ1) is 21.9. The number of carbonyl (C=O) groups is 1. The number of rotatable bonds is 5. The molecule has 25 heavy (non-hydrogen) atoms. The average Bonchev–Trinajstić information content (AvgIpc) is 3.02. The maximum Gasteiger partial charge on any atom is 0.251 e. The van der Waals surface area contributed by atoms with Crippen molar-refractivity contribution in [2.75, 3.05) is 19.6 Å². The normalized spacial score (nSPS) is 16.4. The Morgan fingerprint density at radius 2 is 2.24 bits per heavy atom. The van der Waals surface area contributed by atoms with Crippen molar-refractivity contribution in [1.82, 2.24) is 15.6 Å². The Kier molecular flexibility index (Phi) is 9.43. The molecule has 138 valence electrons. The van der Waals surface area contributed by atoms with E-state index in [9.17, 15) is 4.79 Å². The zero-order valence-corrected chi connectivity index (χ0v) is 16.7. The van der Waals surface area contributed by atoms with Crippen LogP contribution in [0.4, 0.5) is 0 Å². The van der Waals surface area contributed by atoms with E-state index >= 15 is 0 Å². The molecular weight excluding hydrogens is 377 g/mol. The van der Waals surface area contributed by atoms with Gasteiger partial charge >= 0.3 is 0 Å². The molecular formula is C18H25Cl2N3OS. The fourth-order valence-electron chi connectivity index (χ4n) is 2.94. The summed E-state index contributed by atoms with van der Waals surface area (Å²) in [6, 6.07) is 7.71. The van der Waals surface area contributed by atoms with Crippen molar-refractivity contribution in [3.05, 3.63) is 40.9 Å². The molecule has 2 aromatic rings. The lowest BCUT2D eigenvalue weighted by Gasteiger charge is -2.22. The molecule has 1 aromatic carbocycles. The molecule has 0 spiro atoms. The largest absolute Gasteiger partial charge is 0.352 e. The summed E-state index contributed by atoms with van der Waals surface area (Å²) in [5.41, 5.74) is 2.73. The van der Waals surface area contributed by atoms with Crippen LogP contribution in [0.15, 0.2) is 29.6 Å². The third-order valence-corrected chi connectivity index (χ3v) is 5.24. The summed E-state index contributed by atoms with van der Waals surface area (Å²) in [5, 5.41) is 9.45. The lowest BCUT2D eigenvalue weighted by atomic mass is 9.96. The van der Waals surface area contributed by atoms with Gasteiger partial charge in [-0.3, -0.25) is 4.79 Å². The highest BCUT2D eigenvalue weighted by Gasteiger charge is 2.13. The topological polar surface area (TPSA) is 54.0 Å². The van der Waals surface area contributed by atoms with Crippen LogP contribution in [0.3, 0.4) is 0 Å². The van der Waals surface area contributed by atoms with E-state index in [1.54, 1.807) is 11.3 Å². The SMILES string of the molecule is Cc1csc(-c2cccc(C(=O)NCCC3CCCNC3)c2)n1.Cl.Cl. The fourth-order valence-corrected chi connectivity index (χ4v) is 3.74. The zero-order valence-electron chi connectivity index (χ0n) is 14.3. The number of aryl methyl sites for hydroxylation is 1. The second-order valence-electron chi connectivity index (χ2n) is 6.13. The number of piperidine rings is 1. The lowest BCUT2D eigenvalue weighted by molar-refractivity contribution is 0.0950. The number of hydrogen-bond acceptors (Lipinski definition) is 4. The monoisotopic (exact) mass is 401 g/mol. The second-order valence-corrected chi connectivity index (χ2v) is 6.99. The minimum absolute atomic E-state index is 0. The van der Waals surface area contributed by atoms with Gasteiger partial charge in [0.05, 0.1) is 0 Å². The van der Waals surface area contributed by atoms with Crippen LogP contribution in [0.5, 0.6) is 0 Å². The van der Waals surface area contributed by atoms with Gasteiger partial charge in [0, 0.05) is 28.7 Å². The maximum atomic E-state index is 12.3. The first-order valence-corrected chi connectivity index (χ1v) is 9.12. The second kappa shape index (κ2) is 10.8. The number of benzene rings is 1. The summed E-state index contributed by atoms with van der Waals surface area (Å²) in [4.78, 5) is 16.8. The van der Waals surface area contributed by atoms with Crippen molar-refractivity contribution < 1.29 is 4.79 Å². The van der Waals surface area contributed by atoms with Gasteiger partial charge in [0.15, 0.2) is 0 Å². The quantitative estimate of drug-likeness (QED) is 0.793. The summed E-state index contributed by atoms with van der Waals surface area (Å²) in [5.74, 6) is 0.692. The van der Waals surface area contributed by atoms with E-state index in [1.807, 2.05) is 36.6 Å². The summed E-state index contributed by atoms with van der Waals surface area (Å²) in [7, 11) is 0. The van der Waals surface area contributed by atoms with Gasteiger partial charge in [-0.15, -0.1) is 36.2 Å². The van der Waals surface area contributed by atoms with E-state index in [1.165, 1.54) is 12.8 Å². The van der Waals surface area contributed by atoms with E-state index in [0.29, 0.717) is 11.5 Å². The van der Waals surface area contributed by atoms with E-state index < -0.39 is 0 Å². The smallest absolute Gasteiger partial charge is 0.251 e. The van der Waals surface area contributed by atoms with E-state index in [0.717, 1.165) is 42.3 Å². The van der Waals surface area contributed by atoms with Gasteiger partial charge in [0.25, 0.3) is 5.91 Å². The Bertz CT molecular complexity index is 672. The van der Waals surface area contributed by atoms with Gasteiger partial charge in [-0.1, -0.05) is 12.1 Å². The number of nitrogens with one attached hydrogen (secondary N) is 2. The molecule has 0 bridgehead atoms. The molecule has 4 nitrogen and oxygen atoms in total. The molecule has 1 aliphatic rings. The number of aromatic nitrogens is 1. The molecule has 1 amide bonds. The molecule has 0 saturated carbocycles.